The molecule has 1 aliphatic carbocycles. The minimum absolute atomic E-state index is 0.224. The van der Waals surface area contributed by atoms with Gasteiger partial charge in [0.2, 0.25) is 0 Å². The van der Waals surface area contributed by atoms with Gasteiger partial charge in [0.15, 0.2) is 0 Å². The highest BCUT2D eigenvalue weighted by molar-refractivity contribution is 6.30. The minimum atomic E-state index is -0.340. The quantitative estimate of drug-likeness (QED) is 0.781. The van der Waals surface area contributed by atoms with Crippen LogP contribution in [0.2, 0.25) is 5.02 Å². The standard InChI is InChI=1S/C12H15ClFN/c13-11-7-9(3-6-12(11)14)8-1-4-10(15)5-2-8/h3,6-8,10H,1-2,4-5,15H2. The van der Waals surface area contributed by atoms with Crippen LogP contribution in [0.3, 0.4) is 0 Å². The van der Waals surface area contributed by atoms with Crippen LogP contribution in [0.15, 0.2) is 18.2 Å². The lowest BCUT2D eigenvalue weighted by Gasteiger charge is -2.26. The van der Waals surface area contributed by atoms with Crippen LogP contribution in [0.4, 0.5) is 4.39 Å². The molecule has 0 heterocycles. The van der Waals surface area contributed by atoms with Crippen LogP contribution in [0.5, 0.6) is 0 Å². The van der Waals surface area contributed by atoms with Crippen LogP contribution in [0, 0.1) is 5.82 Å². The molecule has 15 heavy (non-hydrogen) atoms. The van der Waals surface area contributed by atoms with Gasteiger partial charge < -0.3 is 5.73 Å². The molecule has 1 nitrogen and oxygen atoms in total. The van der Waals surface area contributed by atoms with Gasteiger partial charge in [-0.2, -0.15) is 0 Å². The number of rotatable bonds is 1. The van der Waals surface area contributed by atoms with Crippen molar-refractivity contribution in [2.75, 3.05) is 0 Å². The van der Waals surface area contributed by atoms with Crippen molar-refractivity contribution in [1.82, 2.24) is 0 Å². The van der Waals surface area contributed by atoms with Crippen molar-refractivity contribution in [3.63, 3.8) is 0 Å². The van der Waals surface area contributed by atoms with Gasteiger partial charge in [0.05, 0.1) is 5.02 Å². The Bertz CT molecular complexity index is 345. The zero-order valence-corrected chi connectivity index (χ0v) is 9.30. The second-order valence-electron chi connectivity index (χ2n) is 4.29. The fourth-order valence-corrected chi connectivity index (χ4v) is 2.41. The third-order valence-corrected chi connectivity index (χ3v) is 3.48. The molecular weight excluding hydrogens is 213 g/mol. The molecule has 3 heteroatoms. The van der Waals surface area contributed by atoms with E-state index in [4.69, 9.17) is 17.3 Å². The number of halogens is 2. The van der Waals surface area contributed by atoms with Crippen molar-refractivity contribution in [3.05, 3.63) is 34.6 Å². The normalized spacial score (nSPS) is 26.6. The Balaban J connectivity index is 2.12. The number of benzene rings is 1. The van der Waals surface area contributed by atoms with Crippen molar-refractivity contribution in [2.45, 2.75) is 37.6 Å². The van der Waals surface area contributed by atoms with Crippen molar-refractivity contribution in [3.8, 4) is 0 Å². The summed E-state index contributed by atoms with van der Waals surface area (Å²) >= 11 is 5.76. The van der Waals surface area contributed by atoms with Crippen molar-refractivity contribution < 1.29 is 4.39 Å². The second-order valence-corrected chi connectivity index (χ2v) is 4.69. The highest BCUT2D eigenvalue weighted by Gasteiger charge is 2.20. The van der Waals surface area contributed by atoms with Gasteiger partial charge in [-0.3, -0.25) is 0 Å². The van der Waals surface area contributed by atoms with Gasteiger partial charge in [-0.05, 0) is 49.3 Å². The molecule has 82 valence electrons. The Labute approximate surface area is 94.4 Å². The van der Waals surface area contributed by atoms with Gasteiger partial charge in [0.25, 0.3) is 0 Å². The number of nitrogens with two attached hydrogens (primary N) is 1. The first-order valence-electron chi connectivity index (χ1n) is 5.37. The Hall–Kier alpha value is -0.600. The molecule has 0 spiro atoms. The van der Waals surface area contributed by atoms with Crippen molar-refractivity contribution in [2.24, 2.45) is 5.73 Å². The van der Waals surface area contributed by atoms with E-state index in [1.807, 2.05) is 6.07 Å². The lowest BCUT2D eigenvalue weighted by Crippen LogP contribution is -2.25. The van der Waals surface area contributed by atoms with Crippen LogP contribution < -0.4 is 5.73 Å². The minimum Gasteiger partial charge on any atom is -0.328 e. The van der Waals surface area contributed by atoms with Gasteiger partial charge in [-0.1, -0.05) is 17.7 Å². The summed E-state index contributed by atoms with van der Waals surface area (Å²) in [5, 5.41) is 0.224. The summed E-state index contributed by atoms with van der Waals surface area (Å²) in [7, 11) is 0. The Morgan fingerprint density at radius 1 is 1.20 bits per heavy atom. The summed E-state index contributed by atoms with van der Waals surface area (Å²) in [5.74, 6) is 0.163. The van der Waals surface area contributed by atoms with Crippen molar-refractivity contribution >= 4 is 11.6 Å². The zero-order valence-electron chi connectivity index (χ0n) is 8.55. The molecule has 1 fully saturated rings. The molecule has 1 aliphatic rings. The molecule has 2 N–H and O–H groups in total. The van der Waals surface area contributed by atoms with Crippen LogP contribution in [-0.2, 0) is 0 Å². The molecule has 0 atom stereocenters. The van der Waals surface area contributed by atoms with Crippen LogP contribution in [0.1, 0.15) is 37.2 Å². The predicted octanol–water partition coefficient (Wildman–Crippen LogP) is 3.46. The Morgan fingerprint density at radius 3 is 2.47 bits per heavy atom. The van der Waals surface area contributed by atoms with E-state index in [2.05, 4.69) is 0 Å². The molecule has 0 bridgehead atoms. The SMILES string of the molecule is NC1CCC(c2ccc(F)c(Cl)c2)CC1. The molecule has 0 saturated heterocycles. The maximum Gasteiger partial charge on any atom is 0.141 e. The van der Waals surface area contributed by atoms with E-state index < -0.39 is 0 Å². The lowest BCUT2D eigenvalue weighted by atomic mass is 9.82. The summed E-state index contributed by atoms with van der Waals surface area (Å²) in [6.45, 7) is 0. The van der Waals surface area contributed by atoms with Crippen LogP contribution in [0.25, 0.3) is 0 Å². The highest BCUT2D eigenvalue weighted by Crippen LogP contribution is 2.33. The van der Waals surface area contributed by atoms with E-state index in [1.165, 1.54) is 6.07 Å². The molecule has 0 radical (unpaired) electrons. The summed E-state index contributed by atoms with van der Waals surface area (Å²) in [5.41, 5.74) is 6.99. The smallest absolute Gasteiger partial charge is 0.141 e. The first kappa shape index (κ1) is 10.9. The van der Waals surface area contributed by atoms with E-state index >= 15 is 0 Å². The topological polar surface area (TPSA) is 26.0 Å². The third-order valence-electron chi connectivity index (χ3n) is 3.19. The first-order chi connectivity index (χ1) is 7.16. The van der Waals surface area contributed by atoms with Crippen LogP contribution in [-0.4, -0.2) is 6.04 Å². The van der Waals surface area contributed by atoms with Crippen molar-refractivity contribution in [1.29, 1.82) is 0 Å². The molecule has 0 aromatic heterocycles. The first-order valence-corrected chi connectivity index (χ1v) is 5.75. The molecule has 1 saturated carbocycles. The van der Waals surface area contributed by atoms with E-state index in [1.54, 1.807) is 6.07 Å². The average Bonchev–Trinajstić information content (AvgIpc) is 2.23. The largest absolute Gasteiger partial charge is 0.328 e. The zero-order chi connectivity index (χ0) is 10.8. The molecule has 2 rings (SSSR count). The lowest BCUT2D eigenvalue weighted by molar-refractivity contribution is 0.395. The van der Waals surface area contributed by atoms with E-state index in [9.17, 15) is 4.39 Å². The molecule has 0 aliphatic heterocycles. The fraction of sp³-hybridized carbons (Fsp3) is 0.500. The maximum atomic E-state index is 13.0. The summed E-state index contributed by atoms with van der Waals surface area (Å²) < 4.78 is 13.0. The third kappa shape index (κ3) is 2.50. The van der Waals surface area contributed by atoms with E-state index in [0.717, 1.165) is 31.2 Å². The van der Waals surface area contributed by atoms with E-state index in [-0.39, 0.29) is 10.8 Å². The highest BCUT2D eigenvalue weighted by atomic mass is 35.5. The van der Waals surface area contributed by atoms with Crippen LogP contribution >= 0.6 is 11.6 Å². The second kappa shape index (κ2) is 4.50. The summed E-state index contributed by atoms with van der Waals surface area (Å²) in [4.78, 5) is 0. The van der Waals surface area contributed by atoms with Gasteiger partial charge >= 0.3 is 0 Å². The van der Waals surface area contributed by atoms with Gasteiger partial charge in [-0.25, -0.2) is 4.39 Å². The van der Waals surface area contributed by atoms with Gasteiger partial charge in [0.1, 0.15) is 5.82 Å². The molecule has 0 unspecified atom stereocenters. The summed E-state index contributed by atoms with van der Waals surface area (Å²) in [6.07, 6.45) is 4.28. The number of hydrogen-bond donors (Lipinski definition) is 1. The molecular formula is C12H15ClFN. The summed E-state index contributed by atoms with van der Waals surface area (Å²) in [6, 6.07) is 5.38. The van der Waals surface area contributed by atoms with Gasteiger partial charge in [0, 0.05) is 6.04 Å². The monoisotopic (exact) mass is 227 g/mol. The average molecular weight is 228 g/mol. The predicted molar refractivity (Wildman–Crippen MR) is 60.6 cm³/mol. The fourth-order valence-electron chi connectivity index (χ4n) is 2.22. The van der Waals surface area contributed by atoms with Gasteiger partial charge in [-0.15, -0.1) is 0 Å². The Kier molecular flexibility index (Phi) is 3.27. The van der Waals surface area contributed by atoms with E-state index in [0.29, 0.717) is 12.0 Å². The Morgan fingerprint density at radius 2 is 1.87 bits per heavy atom. The molecule has 1 aromatic carbocycles. The maximum absolute atomic E-state index is 13.0. The molecule has 0 amide bonds. The number of hydrogen-bond acceptors (Lipinski definition) is 1. The molecule has 1 aromatic rings.